The van der Waals surface area contributed by atoms with Crippen molar-refractivity contribution < 1.29 is 24.2 Å². The first-order chi connectivity index (χ1) is 7.34. The topological polar surface area (TPSA) is 80.7 Å². The van der Waals surface area contributed by atoms with Gasteiger partial charge in [-0.3, -0.25) is 0 Å². The minimum Gasteiger partial charge on any atom is -0.478 e. The molecule has 16 heavy (non-hydrogen) atoms. The fraction of sp³-hybridized carbons (Fsp3) is 0.182. The summed E-state index contributed by atoms with van der Waals surface area (Å²) in [6, 6.07) is 0. The molecule has 1 N–H and O–H groups in total. The fourth-order valence-corrected chi connectivity index (χ4v) is 0.311. The number of carbonyl (C=O) groups excluding carboxylic acids is 2. The molecule has 0 aliphatic heterocycles. The molecule has 5 nitrogen and oxygen atoms in total. The summed E-state index contributed by atoms with van der Waals surface area (Å²) in [6.07, 6.45) is 3.57. The van der Waals surface area contributed by atoms with Gasteiger partial charge in [0.2, 0.25) is 0 Å². The lowest BCUT2D eigenvalue weighted by molar-refractivity contribution is -0.152. The molecule has 5 heteroatoms. The van der Waals surface area contributed by atoms with Crippen LogP contribution in [0, 0.1) is 0 Å². The highest BCUT2D eigenvalue weighted by molar-refractivity contribution is 5.96. The van der Waals surface area contributed by atoms with Crippen LogP contribution in [0.1, 0.15) is 13.8 Å². The van der Waals surface area contributed by atoms with Crippen LogP contribution in [0.5, 0.6) is 0 Å². The summed E-state index contributed by atoms with van der Waals surface area (Å²) in [6.45, 7) is 9.38. The molecule has 0 saturated heterocycles. The van der Waals surface area contributed by atoms with Crippen molar-refractivity contribution in [3.05, 3.63) is 37.0 Å². The molecule has 0 saturated carbocycles. The van der Waals surface area contributed by atoms with Crippen LogP contribution in [0.3, 0.4) is 0 Å². The second kappa shape index (κ2) is 9.39. The van der Waals surface area contributed by atoms with E-state index < -0.39 is 17.9 Å². The molecule has 0 amide bonds. The maximum atomic E-state index is 10.4. The fourth-order valence-electron chi connectivity index (χ4n) is 0.311. The predicted octanol–water partition coefficient (Wildman–Crippen LogP) is 1.47. The number of ether oxygens (including phenoxy) is 1. The van der Waals surface area contributed by atoms with Gasteiger partial charge in [-0.2, -0.15) is 0 Å². The van der Waals surface area contributed by atoms with Crippen molar-refractivity contribution in [1.82, 2.24) is 0 Å². The summed E-state index contributed by atoms with van der Waals surface area (Å²) in [5, 5.41) is 7.89. The molecule has 0 unspecified atom stereocenters. The van der Waals surface area contributed by atoms with Gasteiger partial charge in [-0.25, -0.2) is 14.4 Å². The first-order valence-electron chi connectivity index (χ1n) is 4.24. The maximum Gasteiger partial charge on any atom is 0.338 e. The lowest BCUT2D eigenvalue weighted by atomic mass is 10.4. The zero-order valence-electron chi connectivity index (χ0n) is 9.23. The van der Waals surface area contributed by atoms with E-state index in [9.17, 15) is 14.4 Å². The Morgan fingerprint density at radius 2 is 1.69 bits per heavy atom. The standard InChI is InChI=1S/C7H8O3.C4H6O2/c1-3-5-7(9)10-6(8)4-2;1-3(2)4(5)6/h3-5H,2H2,1H3;1H2,2H3,(H,5,6). The molecule has 0 fully saturated rings. The van der Waals surface area contributed by atoms with Gasteiger partial charge in [-0.1, -0.05) is 19.2 Å². The molecular weight excluding hydrogens is 212 g/mol. The van der Waals surface area contributed by atoms with Gasteiger partial charge in [0, 0.05) is 17.7 Å². The Morgan fingerprint density at radius 3 is 1.94 bits per heavy atom. The van der Waals surface area contributed by atoms with Crippen molar-refractivity contribution in [3.8, 4) is 0 Å². The normalized spacial score (nSPS) is 8.62. The zero-order chi connectivity index (χ0) is 13.1. The molecule has 88 valence electrons. The molecule has 0 aliphatic carbocycles. The third-order valence-corrected chi connectivity index (χ3v) is 1.04. The first kappa shape index (κ1) is 16.3. The Morgan fingerprint density at radius 1 is 1.25 bits per heavy atom. The van der Waals surface area contributed by atoms with Crippen molar-refractivity contribution in [2.45, 2.75) is 13.8 Å². The lowest BCUT2D eigenvalue weighted by Gasteiger charge is -1.91. The van der Waals surface area contributed by atoms with Crippen LogP contribution in [-0.4, -0.2) is 23.0 Å². The molecular formula is C11H14O5. The van der Waals surface area contributed by atoms with Gasteiger partial charge in [0.1, 0.15) is 0 Å². The van der Waals surface area contributed by atoms with Crippen LogP contribution in [0.4, 0.5) is 0 Å². The monoisotopic (exact) mass is 226 g/mol. The van der Waals surface area contributed by atoms with Crippen molar-refractivity contribution in [2.75, 3.05) is 0 Å². The van der Waals surface area contributed by atoms with Crippen molar-refractivity contribution in [1.29, 1.82) is 0 Å². The summed E-state index contributed by atoms with van der Waals surface area (Å²) in [5.74, 6) is -2.34. The number of rotatable bonds is 3. The van der Waals surface area contributed by atoms with E-state index >= 15 is 0 Å². The molecule has 0 radical (unpaired) electrons. The second-order valence-corrected chi connectivity index (χ2v) is 2.53. The smallest absolute Gasteiger partial charge is 0.338 e. The summed E-state index contributed by atoms with van der Waals surface area (Å²) < 4.78 is 4.16. The minimum absolute atomic E-state index is 0.176. The van der Waals surface area contributed by atoms with E-state index in [1.54, 1.807) is 6.92 Å². The highest BCUT2D eigenvalue weighted by Gasteiger charge is 2.00. The number of hydrogen-bond acceptors (Lipinski definition) is 4. The summed E-state index contributed by atoms with van der Waals surface area (Å²) in [4.78, 5) is 30.3. The number of carboxylic acids is 1. The van der Waals surface area contributed by atoms with Gasteiger partial charge in [-0.15, -0.1) is 0 Å². The molecule has 0 rings (SSSR count). The number of carbonyl (C=O) groups is 3. The Bertz CT molecular complexity index is 313. The number of allylic oxidation sites excluding steroid dienone is 1. The molecule has 0 aromatic rings. The van der Waals surface area contributed by atoms with Gasteiger partial charge in [0.25, 0.3) is 0 Å². The summed E-state index contributed by atoms with van der Waals surface area (Å²) in [5.41, 5.74) is 0.176. The highest BCUT2D eigenvalue weighted by Crippen LogP contribution is 1.83. The van der Waals surface area contributed by atoms with Crippen molar-refractivity contribution in [2.24, 2.45) is 0 Å². The van der Waals surface area contributed by atoms with Gasteiger partial charge in [0.15, 0.2) is 0 Å². The van der Waals surface area contributed by atoms with Crippen LogP contribution in [-0.2, 0) is 19.1 Å². The third-order valence-electron chi connectivity index (χ3n) is 1.04. The van der Waals surface area contributed by atoms with Gasteiger partial charge < -0.3 is 9.84 Å². The van der Waals surface area contributed by atoms with Gasteiger partial charge >= 0.3 is 17.9 Å². The van der Waals surface area contributed by atoms with Crippen molar-refractivity contribution >= 4 is 17.9 Å². The summed E-state index contributed by atoms with van der Waals surface area (Å²) in [7, 11) is 0. The molecule has 0 heterocycles. The average molecular weight is 226 g/mol. The summed E-state index contributed by atoms with van der Waals surface area (Å²) >= 11 is 0. The average Bonchev–Trinajstić information content (AvgIpc) is 2.18. The lowest BCUT2D eigenvalue weighted by Crippen LogP contribution is -2.06. The number of hydrogen-bond donors (Lipinski definition) is 1. The minimum atomic E-state index is -0.935. The molecule has 0 spiro atoms. The number of esters is 2. The van der Waals surface area contributed by atoms with E-state index in [2.05, 4.69) is 17.9 Å². The van der Waals surface area contributed by atoms with E-state index in [4.69, 9.17) is 5.11 Å². The van der Waals surface area contributed by atoms with Crippen molar-refractivity contribution in [3.63, 3.8) is 0 Å². The Kier molecular flexibility index (Phi) is 9.54. The Hall–Kier alpha value is -2.17. The Labute approximate surface area is 93.7 Å². The molecule has 0 bridgehead atoms. The number of carboxylic acid groups (broad SMARTS) is 1. The zero-order valence-corrected chi connectivity index (χ0v) is 9.23. The van der Waals surface area contributed by atoms with Crippen LogP contribution < -0.4 is 0 Å². The maximum absolute atomic E-state index is 10.4. The van der Waals surface area contributed by atoms with Crippen LogP contribution >= 0.6 is 0 Å². The SMILES string of the molecule is C=C(C)C(=O)O.C=CC(=O)OC(=O)C=CC. The third kappa shape index (κ3) is 11.8. The largest absolute Gasteiger partial charge is 0.478 e. The molecule has 0 aliphatic rings. The van der Waals surface area contributed by atoms with Gasteiger partial charge in [0.05, 0.1) is 0 Å². The predicted molar refractivity (Wildman–Crippen MR) is 58.6 cm³/mol. The van der Waals surface area contributed by atoms with E-state index in [-0.39, 0.29) is 5.57 Å². The van der Waals surface area contributed by atoms with E-state index in [0.29, 0.717) is 0 Å². The molecule has 0 aromatic carbocycles. The Balaban J connectivity index is 0. The highest BCUT2D eigenvalue weighted by atomic mass is 16.6. The van der Waals surface area contributed by atoms with Crippen LogP contribution in [0.25, 0.3) is 0 Å². The van der Waals surface area contributed by atoms with Crippen LogP contribution in [0.15, 0.2) is 37.0 Å². The van der Waals surface area contributed by atoms with E-state index in [1.807, 2.05) is 0 Å². The van der Waals surface area contributed by atoms with E-state index in [1.165, 1.54) is 13.0 Å². The quantitative estimate of drug-likeness (QED) is 0.447. The number of aliphatic carboxylic acids is 1. The second-order valence-electron chi connectivity index (χ2n) is 2.53. The van der Waals surface area contributed by atoms with E-state index in [0.717, 1.165) is 12.2 Å². The van der Waals surface area contributed by atoms with Gasteiger partial charge in [-0.05, 0) is 13.8 Å². The molecule has 0 aromatic heterocycles. The van der Waals surface area contributed by atoms with Crippen LogP contribution in [0.2, 0.25) is 0 Å². The first-order valence-corrected chi connectivity index (χ1v) is 4.24. The molecule has 0 atom stereocenters.